The highest BCUT2D eigenvalue weighted by Crippen LogP contribution is 2.43. The van der Waals surface area contributed by atoms with Crippen LogP contribution in [0.5, 0.6) is 0 Å². The van der Waals surface area contributed by atoms with E-state index in [1.165, 1.54) is 12.8 Å². The second kappa shape index (κ2) is 5.99. The van der Waals surface area contributed by atoms with Crippen molar-refractivity contribution in [2.75, 3.05) is 26.8 Å². The minimum Gasteiger partial charge on any atom is -0.383 e. The van der Waals surface area contributed by atoms with Gasteiger partial charge in [-0.2, -0.15) is 0 Å². The van der Waals surface area contributed by atoms with Gasteiger partial charge in [0.1, 0.15) is 0 Å². The molecule has 0 saturated heterocycles. The van der Waals surface area contributed by atoms with Crippen LogP contribution in [0.3, 0.4) is 0 Å². The van der Waals surface area contributed by atoms with Crippen molar-refractivity contribution in [2.24, 2.45) is 23.0 Å². The van der Waals surface area contributed by atoms with E-state index in [1.807, 2.05) is 0 Å². The molecule has 0 aromatic rings. The SMILES string of the molecule is COCCNCC1CCC(N)C(C)C1(C)C. The van der Waals surface area contributed by atoms with Crippen LogP contribution in [0.4, 0.5) is 0 Å². The van der Waals surface area contributed by atoms with Gasteiger partial charge in [-0.3, -0.25) is 0 Å². The Morgan fingerprint density at radius 1 is 1.38 bits per heavy atom. The van der Waals surface area contributed by atoms with Crippen LogP contribution in [0.25, 0.3) is 0 Å². The molecule has 0 spiro atoms. The number of rotatable bonds is 5. The van der Waals surface area contributed by atoms with Gasteiger partial charge in [-0.05, 0) is 36.6 Å². The lowest BCUT2D eigenvalue weighted by Gasteiger charge is -2.47. The summed E-state index contributed by atoms with van der Waals surface area (Å²) in [6, 6.07) is 0.380. The smallest absolute Gasteiger partial charge is 0.0587 e. The summed E-state index contributed by atoms with van der Waals surface area (Å²) in [7, 11) is 1.74. The van der Waals surface area contributed by atoms with E-state index in [1.54, 1.807) is 7.11 Å². The quantitative estimate of drug-likeness (QED) is 0.703. The van der Waals surface area contributed by atoms with Crippen LogP contribution >= 0.6 is 0 Å². The predicted molar refractivity (Wildman–Crippen MR) is 68.4 cm³/mol. The zero-order chi connectivity index (χ0) is 12.2. The minimum absolute atomic E-state index is 0.345. The van der Waals surface area contributed by atoms with Crippen molar-refractivity contribution >= 4 is 0 Å². The zero-order valence-corrected chi connectivity index (χ0v) is 11.3. The van der Waals surface area contributed by atoms with E-state index >= 15 is 0 Å². The summed E-state index contributed by atoms with van der Waals surface area (Å²) >= 11 is 0. The highest BCUT2D eigenvalue weighted by Gasteiger charge is 2.40. The molecule has 0 aliphatic heterocycles. The molecule has 1 aliphatic carbocycles. The van der Waals surface area contributed by atoms with Crippen molar-refractivity contribution in [3.8, 4) is 0 Å². The zero-order valence-electron chi connectivity index (χ0n) is 11.3. The molecule has 3 atom stereocenters. The van der Waals surface area contributed by atoms with Gasteiger partial charge in [0.25, 0.3) is 0 Å². The third kappa shape index (κ3) is 3.19. The minimum atomic E-state index is 0.345. The first kappa shape index (κ1) is 13.9. The van der Waals surface area contributed by atoms with Gasteiger partial charge in [-0.25, -0.2) is 0 Å². The van der Waals surface area contributed by atoms with Crippen molar-refractivity contribution < 1.29 is 4.74 Å². The van der Waals surface area contributed by atoms with E-state index in [4.69, 9.17) is 10.5 Å². The van der Waals surface area contributed by atoms with Crippen LogP contribution in [0.2, 0.25) is 0 Å². The van der Waals surface area contributed by atoms with E-state index in [0.29, 0.717) is 17.4 Å². The van der Waals surface area contributed by atoms with Crippen molar-refractivity contribution in [3.05, 3.63) is 0 Å². The largest absolute Gasteiger partial charge is 0.383 e. The summed E-state index contributed by atoms with van der Waals surface area (Å²) in [6.45, 7) is 9.85. The highest BCUT2D eigenvalue weighted by molar-refractivity contribution is 4.93. The number of hydrogen-bond donors (Lipinski definition) is 2. The Balaban J connectivity index is 2.41. The summed E-state index contributed by atoms with van der Waals surface area (Å²) in [5.41, 5.74) is 6.50. The summed E-state index contributed by atoms with van der Waals surface area (Å²) in [4.78, 5) is 0. The number of nitrogens with one attached hydrogen (secondary N) is 1. The highest BCUT2D eigenvalue weighted by atomic mass is 16.5. The van der Waals surface area contributed by atoms with E-state index in [9.17, 15) is 0 Å². The normalized spacial score (nSPS) is 33.9. The second-order valence-corrected chi connectivity index (χ2v) is 5.75. The number of ether oxygens (including phenoxy) is 1. The van der Waals surface area contributed by atoms with Crippen LogP contribution in [-0.4, -0.2) is 32.8 Å². The maximum absolute atomic E-state index is 6.15. The Kier molecular flexibility index (Phi) is 5.22. The van der Waals surface area contributed by atoms with Crippen LogP contribution in [0.15, 0.2) is 0 Å². The summed E-state index contributed by atoms with van der Waals surface area (Å²) < 4.78 is 5.04. The molecule has 0 aromatic carbocycles. The molecule has 96 valence electrons. The van der Waals surface area contributed by atoms with E-state index < -0.39 is 0 Å². The Hall–Kier alpha value is -0.120. The fourth-order valence-electron chi connectivity index (χ4n) is 2.75. The van der Waals surface area contributed by atoms with Gasteiger partial charge in [0.05, 0.1) is 6.61 Å². The summed E-state index contributed by atoms with van der Waals surface area (Å²) in [5, 5.41) is 3.48. The summed E-state index contributed by atoms with van der Waals surface area (Å²) in [6.07, 6.45) is 2.42. The number of nitrogens with two attached hydrogens (primary N) is 1. The van der Waals surface area contributed by atoms with Gasteiger partial charge < -0.3 is 15.8 Å². The molecule has 0 amide bonds. The number of methoxy groups -OCH3 is 1. The topological polar surface area (TPSA) is 47.3 Å². The molecule has 0 aromatic heterocycles. The molecule has 3 heteroatoms. The van der Waals surface area contributed by atoms with Gasteiger partial charge in [0, 0.05) is 19.7 Å². The summed E-state index contributed by atoms with van der Waals surface area (Å²) in [5.74, 6) is 1.34. The molecule has 16 heavy (non-hydrogen) atoms. The second-order valence-electron chi connectivity index (χ2n) is 5.75. The first-order valence-electron chi connectivity index (χ1n) is 6.45. The van der Waals surface area contributed by atoms with Gasteiger partial charge >= 0.3 is 0 Å². The van der Waals surface area contributed by atoms with E-state index in [-0.39, 0.29) is 0 Å². The molecule has 0 heterocycles. The van der Waals surface area contributed by atoms with Crippen LogP contribution in [-0.2, 0) is 4.74 Å². The lowest BCUT2D eigenvalue weighted by Crippen LogP contribution is -2.49. The van der Waals surface area contributed by atoms with Crippen LogP contribution in [0, 0.1) is 17.3 Å². The predicted octanol–water partition coefficient (Wildman–Crippen LogP) is 1.62. The molecule has 3 unspecified atom stereocenters. The number of hydrogen-bond acceptors (Lipinski definition) is 3. The maximum atomic E-state index is 6.15. The Labute approximate surface area is 100 Å². The van der Waals surface area contributed by atoms with Crippen molar-refractivity contribution in [1.29, 1.82) is 0 Å². The third-order valence-corrected chi connectivity index (χ3v) is 4.59. The molecule has 1 rings (SSSR count). The lowest BCUT2D eigenvalue weighted by atomic mass is 9.61. The van der Waals surface area contributed by atoms with Crippen LogP contribution in [0.1, 0.15) is 33.6 Å². The molecule has 1 fully saturated rings. The monoisotopic (exact) mass is 228 g/mol. The Morgan fingerprint density at radius 2 is 2.06 bits per heavy atom. The van der Waals surface area contributed by atoms with E-state index in [2.05, 4.69) is 26.1 Å². The first-order chi connectivity index (χ1) is 7.50. The van der Waals surface area contributed by atoms with Gasteiger partial charge in [0.2, 0.25) is 0 Å². The fraction of sp³-hybridized carbons (Fsp3) is 1.00. The fourth-order valence-corrected chi connectivity index (χ4v) is 2.75. The lowest BCUT2D eigenvalue weighted by molar-refractivity contribution is 0.0529. The third-order valence-electron chi connectivity index (χ3n) is 4.59. The molecular weight excluding hydrogens is 200 g/mol. The van der Waals surface area contributed by atoms with Crippen molar-refractivity contribution in [2.45, 2.75) is 39.7 Å². The van der Waals surface area contributed by atoms with E-state index in [0.717, 1.165) is 25.6 Å². The van der Waals surface area contributed by atoms with Gasteiger partial charge in [-0.15, -0.1) is 0 Å². The Bertz CT molecular complexity index is 206. The molecule has 0 bridgehead atoms. The standard InChI is InChI=1S/C13H28N2O/c1-10-12(14)6-5-11(13(10,2)3)9-15-7-8-16-4/h10-12,15H,5-9,14H2,1-4H3. The Morgan fingerprint density at radius 3 is 2.69 bits per heavy atom. The van der Waals surface area contributed by atoms with Crippen LogP contribution < -0.4 is 11.1 Å². The van der Waals surface area contributed by atoms with Crippen molar-refractivity contribution in [1.82, 2.24) is 5.32 Å². The maximum Gasteiger partial charge on any atom is 0.0587 e. The molecule has 1 aliphatic rings. The first-order valence-corrected chi connectivity index (χ1v) is 6.45. The molecule has 3 nitrogen and oxygen atoms in total. The molecular formula is C13H28N2O. The van der Waals surface area contributed by atoms with Gasteiger partial charge in [-0.1, -0.05) is 20.8 Å². The van der Waals surface area contributed by atoms with Gasteiger partial charge in [0.15, 0.2) is 0 Å². The average molecular weight is 228 g/mol. The van der Waals surface area contributed by atoms with Crippen molar-refractivity contribution in [3.63, 3.8) is 0 Å². The molecule has 0 radical (unpaired) electrons. The molecule has 3 N–H and O–H groups in total. The average Bonchev–Trinajstić information content (AvgIpc) is 2.24. The molecule has 1 saturated carbocycles.